The number of aliphatic hydroxyl groups is 1. The highest BCUT2D eigenvalue weighted by Crippen LogP contribution is 2.19. The maximum Gasteiger partial charge on any atom is 0.334 e. The highest BCUT2D eigenvalue weighted by Gasteiger charge is 2.26. The van der Waals surface area contributed by atoms with Gasteiger partial charge in [-0.3, -0.25) is 4.90 Å². The minimum Gasteiger partial charge on any atom is -0.479 e. The van der Waals surface area contributed by atoms with E-state index >= 15 is 0 Å². The molecule has 1 saturated heterocycles. The molecule has 114 valence electrons. The van der Waals surface area contributed by atoms with E-state index in [0.717, 1.165) is 16.3 Å². The Labute approximate surface area is 128 Å². The zero-order valence-electron chi connectivity index (χ0n) is 12.1. The van der Waals surface area contributed by atoms with Crippen LogP contribution in [0.5, 0.6) is 0 Å². The zero-order chi connectivity index (χ0) is 15.5. The minimum atomic E-state index is -0.997. The molecule has 5 nitrogen and oxygen atoms in total. The first-order chi connectivity index (χ1) is 9.83. The fourth-order valence-corrected chi connectivity index (χ4v) is 2.86. The Morgan fingerprint density at radius 1 is 1.57 bits per heavy atom. The van der Waals surface area contributed by atoms with Gasteiger partial charge in [0.1, 0.15) is 5.60 Å². The van der Waals surface area contributed by atoms with Crippen molar-refractivity contribution >= 4 is 17.3 Å². The molecule has 1 aliphatic heterocycles. The third-order valence-electron chi connectivity index (χ3n) is 2.96. The monoisotopic (exact) mass is 309 g/mol. The van der Waals surface area contributed by atoms with Crippen LogP contribution < -0.4 is 0 Å². The van der Waals surface area contributed by atoms with Gasteiger partial charge >= 0.3 is 5.97 Å². The van der Waals surface area contributed by atoms with Crippen LogP contribution in [0.2, 0.25) is 0 Å². The Morgan fingerprint density at radius 3 is 3.00 bits per heavy atom. The summed E-state index contributed by atoms with van der Waals surface area (Å²) in [5, 5.41) is 18.6. The molecule has 1 aromatic heterocycles. The van der Waals surface area contributed by atoms with Crippen molar-refractivity contribution < 1.29 is 19.7 Å². The zero-order valence-corrected chi connectivity index (χ0v) is 12.9. The molecule has 1 fully saturated rings. The number of morpholine rings is 1. The molecule has 1 atom stereocenters. The fraction of sp³-hybridized carbons (Fsp3) is 0.533. The maximum absolute atomic E-state index is 10.9. The topological polar surface area (TPSA) is 70.0 Å². The first-order valence-electron chi connectivity index (χ1n) is 6.74. The molecule has 21 heavy (non-hydrogen) atoms. The van der Waals surface area contributed by atoms with Crippen LogP contribution in [0.25, 0.3) is 0 Å². The van der Waals surface area contributed by atoms with Gasteiger partial charge in [0.2, 0.25) is 0 Å². The summed E-state index contributed by atoms with van der Waals surface area (Å²) in [6.07, 6.45) is -0.742. The number of hydrogen-bond acceptors (Lipinski definition) is 5. The van der Waals surface area contributed by atoms with Gasteiger partial charge < -0.3 is 14.9 Å². The number of rotatable bonds is 3. The molecule has 1 unspecified atom stereocenters. The highest BCUT2D eigenvalue weighted by atomic mass is 32.1. The van der Waals surface area contributed by atoms with E-state index in [1.807, 2.05) is 12.1 Å². The molecule has 0 bridgehead atoms. The van der Waals surface area contributed by atoms with Crippen molar-refractivity contribution in [2.24, 2.45) is 0 Å². The minimum absolute atomic E-state index is 0.401. The first-order valence-corrected chi connectivity index (χ1v) is 7.56. The van der Waals surface area contributed by atoms with Crippen molar-refractivity contribution in [1.82, 2.24) is 4.90 Å². The van der Waals surface area contributed by atoms with Crippen molar-refractivity contribution in [2.75, 3.05) is 19.7 Å². The number of thiophene rings is 1. The number of hydrogen-bond donors (Lipinski definition) is 2. The first kappa shape index (κ1) is 16.0. The number of aliphatic carboxylic acids is 1. The van der Waals surface area contributed by atoms with Crippen LogP contribution >= 0.6 is 11.3 Å². The van der Waals surface area contributed by atoms with Gasteiger partial charge in [0, 0.05) is 24.5 Å². The van der Waals surface area contributed by atoms with Crippen LogP contribution in [-0.2, 0) is 16.1 Å². The van der Waals surface area contributed by atoms with Gasteiger partial charge in [-0.1, -0.05) is 11.8 Å². The van der Waals surface area contributed by atoms with Gasteiger partial charge in [-0.05, 0) is 26.0 Å². The molecule has 6 heteroatoms. The number of ether oxygens (including phenoxy) is 1. The number of carboxylic acid groups (broad SMARTS) is 1. The van der Waals surface area contributed by atoms with Gasteiger partial charge in [0.05, 0.1) is 11.5 Å². The van der Waals surface area contributed by atoms with Gasteiger partial charge in [-0.2, -0.15) is 0 Å². The second-order valence-electron chi connectivity index (χ2n) is 5.51. The lowest BCUT2D eigenvalue weighted by Crippen LogP contribution is -2.45. The lowest BCUT2D eigenvalue weighted by atomic mass is 10.1. The fourth-order valence-electron chi connectivity index (χ4n) is 1.96. The average molecular weight is 309 g/mol. The van der Waals surface area contributed by atoms with E-state index < -0.39 is 17.7 Å². The van der Waals surface area contributed by atoms with Crippen LogP contribution in [0.1, 0.15) is 23.6 Å². The van der Waals surface area contributed by atoms with Crippen molar-refractivity contribution in [1.29, 1.82) is 0 Å². The third-order valence-corrected chi connectivity index (χ3v) is 3.94. The van der Waals surface area contributed by atoms with Gasteiger partial charge in [0.25, 0.3) is 0 Å². The van der Waals surface area contributed by atoms with E-state index in [1.165, 1.54) is 0 Å². The molecule has 0 amide bonds. The summed E-state index contributed by atoms with van der Waals surface area (Å²) in [5.41, 5.74) is -0.997. The molecule has 0 radical (unpaired) electrons. The molecule has 2 rings (SSSR count). The number of carbonyl (C=O) groups is 1. The predicted molar refractivity (Wildman–Crippen MR) is 80.1 cm³/mol. The van der Waals surface area contributed by atoms with Crippen LogP contribution in [0.15, 0.2) is 12.1 Å². The quantitative estimate of drug-likeness (QED) is 0.820. The number of carboxylic acids is 1. The van der Waals surface area contributed by atoms with Gasteiger partial charge in [-0.25, -0.2) is 4.79 Å². The Bertz CT molecular complexity index is 564. The van der Waals surface area contributed by atoms with E-state index in [4.69, 9.17) is 9.84 Å². The number of nitrogens with zero attached hydrogens (tertiary/aromatic N) is 1. The summed E-state index contributed by atoms with van der Waals surface area (Å²) in [5.74, 6) is 4.82. The average Bonchev–Trinajstić information content (AvgIpc) is 2.83. The second-order valence-corrected chi connectivity index (χ2v) is 6.68. The lowest BCUT2D eigenvalue weighted by molar-refractivity contribution is -0.156. The maximum atomic E-state index is 10.9. The van der Waals surface area contributed by atoms with Crippen molar-refractivity contribution in [2.45, 2.75) is 32.1 Å². The molecular weight excluding hydrogens is 290 g/mol. The summed E-state index contributed by atoms with van der Waals surface area (Å²) < 4.78 is 5.20. The Kier molecular flexibility index (Phi) is 5.01. The van der Waals surface area contributed by atoms with Crippen LogP contribution in [0, 0.1) is 11.8 Å². The van der Waals surface area contributed by atoms with Crippen LogP contribution in [0.3, 0.4) is 0 Å². The Morgan fingerprint density at radius 2 is 2.33 bits per heavy atom. The lowest BCUT2D eigenvalue weighted by Gasteiger charge is -2.30. The normalized spacial score (nSPS) is 19.9. The predicted octanol–water partition coefficient (Wildman–Crippen LogP) is 1.16. The van der Waals surface area contributed by atoms with E-state index in [1.54, 1.807) is 25.2 Å². The Hall–Kier alpha value is -1.39. The van der Waals surface area contributed by atoms with E-state index in [9.17, 15) is 9.90 Å². The van der Waals surface area contributed by atoms with Crippen molar-refractivity contribution in [3.8, 4) is 11.8 Å². The van der Waals surface area contributed by atoms with Gasteiger partial charge in [-0.15, -0.1) is 11.3 Å². The molecular formula is C15H19NO4S. The van der Waals surface area contributed by atoms with Crippen LogP contribution in [-0.4, -0.2) is 52.5 Å². The summed E-state index contributed by atoms with van der Waals surface area (Å²) in [7, 11) is 0. The summed E-state index contributed by atoms with van der Waals surface area (Å²) >= 11 is 1.56. The van der Waals surface area contributed by atoms with E-state index in [2.05, 4.69) is 16.7 Å². The smallest absolute Gasteiger partial charge is 0.334 e. The highest BCUT2D eigenvalue weighted by molar-refractivity contribution is 7.12. The molecule has 0 spiro atoms. The van der Waals surface area contributed by atoms with Gasteiger partial charge in [0.15, 0.2) is 6.10 Å². The third kappa shape index (κ3) is 5.14. The molecule has 0 aliphatic carbocycles. The summed E-state index contributed by atoms with van der Waals surface area (Å²) in [6, 6.07) is 3.91. The molecule has 1 aliphatic rings. The molecule has 2 N–H and O–H groups in total. The Balaban J connectivity index is 1.96. The molecule has 0 aromatic carbocycles. The second kappa shape index (κ2) is 6.58. The molecule has 1 aromatic rings. The summed E-state index contributed by atoms with van der Waals surface area (Å²) in [4.78, 5) is 15.0. The molecule has 2 heterocycles. The van der Waals surface area contributed by atoms with E-state index in [0.29, 0.717) is 19.7 Å². The van der Waals surface area contributed by atoms with E-state index in [-0.39, 0.29) is 0 Å². The largest absolute Gasteiger partial charge is 0.479 e. The summed E-state index contributed by atoms with van der Waals surface area (Å²) in [6.45, 7) is 5.56. The van der Waals surface area contributed by atoms with Crippen LogP contribution in [0.4, 0.5) is 0 Å². The SMILES string of the molecule is CC(C)(O)C#Cc1ccc(CN2CCOC(C(=O)O)C2)s1. The van der Waals surface area contributed by atoms with Crippen molar-refractivity contribution in [3.05, 3.63) is 21.9 Å². The van der Waals surface area contributed by atoms with Crippen molar-refractivity contribution in [3.63, 3.8) is 0 Å². The molecule has 0 saturated carbocycles. The standard InChI is InChI=1S/C15H19NO4S/c1-15(2,19)6-5-11-3-4-12(21-11)9-16-7-8-20-13(10-16)14(17)18/h3-4,13,19H,7-10H2,1-2H3,(H,17,18).